The minimum Gasteiger partial charge on any atom is -0.485 e. The van der Waals surface area contributed by atoms with E-state index in [1.165, 1.54) is 6.07 Å². The number of nitrogens with one attached hydrogen (secondary N) is 1. The lowest BCUT2D eigenvalue weighted by molar-refractivity contribution is -0.113. The molecule has 0 aliphatic heterocycles. The van der Waals surface area contributed by atoms with Crippen molar-refractivity contribution in [2.24, 2.45) is 0 Å². The van der Waals surface area contributed by atoms with E-state index in [4.69, 9.17) is 4.74 Å². The highest BCUT2D eigenvalue weighted by atomic mass is 32.2. The number of halogens is 2. The fourth-order valence-corrected chi connectivity index (χ4v) is 3.98. The first-order chi connectivity index (χ1) is 16.0. The standard InChI is InChI=1S/C24H20F2N4O2S/c1-2-12-30-22(14-32-21-9-5-7-16-6-3-4-8-18(16)21)28-29-24(30)33-15-23(31)27-20-11-10-17(25)13-19(20)26/h2-11,13H,1,12,14-15H2,(H,27,31). The Morgan fingerprint density at radius 2 is 1.94 bits per heavy atom. The zero-order valence-corrected chi connectivity index (χ0v) is 18.3. The Labute approximate surface area is 193 Å². The molecule has 0 atom stereocenters. The molecule has 0 unspecified atom stereocenters. The summed E-state index contributed by atoms with van der Waals surface area (Å²) in [6, 6.07) is 16.7. The normalized spacial score (nSPS) is 10.8. The molecule has 4 aromatic rings. The number of thioether (sulfide) groups is 1. The summed E-state index contributed by atoms with van der Waals surface area (Å²) in [5, 5.41) is 13.4. The third kappa shape index (κ3) is 5.38. The molecule has 0 spiro atoms. The maximum Gasteiger partial charge on any atom is 0.234 e. The Morgan fingerprint density at radius 3 is 2.76 bits per heavy atom. The summed E-state index contributed by atoms with van der Waals surface area (Å²) in [6.45, 7) is 4.38. The molecular weight excluding hydrogens is 446 g/mol. The van der Waals surface area contributed by atoms with Crippen LogP contribution >= 0.6 is 11.8 Å². The second-order valence-electron chi connectivity index (χ2n) is 7.03. The summed E-state index contributed by atoms with van der Waals surface area (Å²) in [5.41, 5.74) is -0.0845. The van der Waals surface area contributed by atoms with Crippen LogP contribution in [0.5, 0.6) is 5.75 Å². The highest BCUT2D eigenvalue weighted by Crippen LogP contribution is 2.26. The number of allylic oxidation sites excluding steroid dienone is 1. The van der Waals surface area contributed by atoms with Gasteiger partial charge in [-0.25, -0.2) is 8.78 Å². The van der Waals surface area contributed by atoms with Gasteiger partial charge in [-0.1, -0.05) is 54.2 Å². The molecule has 0 radical (unpaired) electrons. The molecule has 33 heavy (non-hydrogen) atoms. The highest BCUT2D eigenvalue weighted by molar-refractivity contribution is 7.99. The van der Waals surface area contributed by atoms with Gasteiger partial charge in [0.05, 0.1) is 11.4 Å². The second kappa shape index (κ2) is 10.3. The molecule has 4 rings (SSSR count). The predicted molar refractivity (Wildman–Crippen MR) is 124 cm³/mol. The van der Waals surface area contributed by atoms with Gasteiger partial charge in [0.1, 0.15) is 24.0 Å². The van der Waals surface area contributed by atoms with Gasteiger partial charge < -0.3 is 10.1 Å². The SMILES string of the molecule is C=CCn1c(COc2cccc3ccccc23)nnc1SCC(=O)Nc1ccc(F)cc1F. The zero-order chi connectivity index (χ0) is 23.2. The summed E-state index contributed by atoms with van der Waals surface area (Å²) < 4.78 is 34.6. The summed E-state index contributed by atoms with van der Waals surface area (Å²) in [6.07, 6.45) is 1.70. The summed E-state index contributed by atoms with van der Waals surface area (Å²) >= 11 is 1.15. The first kappa shape index (κ1) is 22.5. The van der Waals surface area contributed by atoms with Crippen molar-refractivity contribution in [1.82, 2.24) is 14.8 Å². The van der Waals surface area contributed by atoms with Crippen LogP contribution in [0.4, 0.5) is 14.5 Å². The molecular formula is C24H20F2N4O2S. The van der Waals surface area contributed by atoms with E-state index in [9.17, 15) is 13.6 Å². The Kier molecular flexibility index (Phi) is 6.99. The number of rotatable bonds is 9. The molecule has 0 fully saturated rings. The van der Waals surface area contributed by atoms with E-state index in [1.54, 1.807) is 10.6 Å². The zero-order valence-electron chi connectivity index (χ0n) is 17.5. The number of benzene rings is 3. The van der Waals surface area contributed by atoms with Gasteiger partial charge in [0.15, 0.2) is 11.0 Å². The van der Waals surface area contributed by atoms with Crippen LogP contribution in [0.3, 0.4) is 0 Å². The van der Waals surface area contributed by atoms with Gasteiger partial charge in [-0.15, -0.1) is 16.8 Å². The number of carbonyl (C=O) groups excluding carboxylic acids is 1. The van der Waals surface area contributed by atoms with Crippen molar-refractivity contribution in [2.45, 2.75) is 18.3 Å². The van der Waals surface area contributed by atoms with Crippen molar-refractivity contribution in [3.05, 3.63) is 90.8 Å². The largest absolute Gasteiger partial charge is 0.485 e. The van der Waals surface area contributed by atoms with Crippen molar-refractivity contribution in [3.63, 3.8) is 0 Å². The molecule has 1 heterocycles. The molecule has 1 aromatic heterocycles. The van der Waals surface area contributed by atoms with Crippen LogP contribution in [0.1, 0.15) is 5.82 Å². The van der Waals surface area contributed by atoms with E-state index in [0.29, 0.717) is 23.6 Å². The van der Waals surface area contributed by atoms with E-state index in [-0.39, 0.29) is 18.0 Å². The third-order valence-corrected chi connectivity index (χ3v) is 5.72. The predicted octanol–water partition coefficient (Wildman–Crippen LogP) is 5.21. The van der Waals surface area contributed by atoms with Crippen LogP contribution in [-0.2, 0) is 17.9 Å². The van der Waals surface area contributed by atoms with Crippen molar-refractivity contribution >= 4 is 34.1 Å². The molecule has 0 bridgehead atoms. The van der Waals surface area contributed by atoms with Crippen LogP contribution in [0.15, 0.2) is 78.5 Å². The number of amides is 1. The summed E-state index contributed by atoms with van der Waals surface area (Å²) in [7, 11) is 0. The molecule has 1 N–H and O–H groups in total. The van der Waals surface area contributed by atoms with E-state index in [0.717, 1.165) is 34.4 Å². The van der Waals surface area contributed by atoms with E-state index in [1.807, 2.05) is 42.5 Å². The Balaban J connectivity index is 1.43. The van der Waals surface area contributed by atoms with E-state index >= 15 is 0 Å². The van der Waals surface area contributed by atoms with Crippen molar-refractivity contribution in [2.75, 3.05) is 11.1 Å². The van der Waals surface area contributed by atoms with Crippen LogP contribution in [0.2, 0.25) is 0 Å². The number of carbonyl (C=O) groups is 1. The molecule has 168 valence electrons. The minimum absolute atomic E-state index is 0.0315. The number of nitrogens with zero attached hydrogens (tertiary/aromatic N) is 3. The second-order valence-corrected chi connectivity index (χ2v) is 7.97. The maximum absolute atomic E-state index is 13.8. The average Bonchev–Trinajstić information content (AvgIpc) is 3.20. The lowest BCUT2D eigenvalue weighted by atomic mass is 10.1. The lowest BCUT2D eigenvalue weighted by Gasteiger charge is -2.11. The Hall–Kier alpha value is -3.72. The van der Waals surface area contributed by atoms with Gasteiger partial charge in [0.2, 0.25) is 5.91 Å². The lowest BCUT2D eigenvalue weighted by Crippen LogP contribution is -2.16. The van der Waals surface area contributed by atoms with E-state index in [2.05, 4.69) is 22.1 Å². The maximum atomic E-state index is 13.8. The fraction of sp³-hybridized carbons (Fsp3) is 0.125. The van der Waals surface area contributed by atoms with Crippen LogP contribution in [0.25, 0.3) is 10.8 Å². The summed E-state index contributed by atoms with van der Waals surface area (Å²) in [4.78, 5) is 12.2. The van der Waals surface area contributed by atoms with Gasteiger partial charge in [-0.2, -0.15) is 0 Å². The molecule has 6 nitrogen and oxygen atoms in total. The number of aromatic nitrogens is 3. The first-order valence-electron chi connectivity index (χ1n) is 10.1. The van der Waals surface area contributed by atoms with Crippen LogP contribution in [0, 0.1) is 11.6 Å². The average molecular weight is 467 g/mol. The highest BCUT2D eigenvalue weighted by Gasteiger charge is 2.15. The first-order valence-corrected chi connectivity index (χ1v) is 11.0. The number of hydrogen-bond acceptors (Lipinski definition) is 5. The number of hydrogen-bond donors (Lipinski definition) is 1. The molecule has 3 aromatic carbocycles. The fourth-order valence-electron chi connectivity index (χ4n) is 3.22. The van der Waals surface area contributed by atoms with Crippen molar-refractivity contribution in [3.8, 4) is 5.75 Å². The number of ether oxygens (including phenoxy) is 1. The van der Waals surface area contributed by atoms with Crippen LogP contribution in [-0.4, -0.2) is 26.4 Å². The van der Waals surface area contributed by atoms with Gasteiger partial charge in [-0.3, -0.25) is 9.36 Å². The quantitative estimate of drug-likeness (QED) is 0.271. The minimum atomic E-state index is -0.837. The summed E-state index contributed by atoms with van der Waals surface area (Å²) in [5.74, 6) is -0.721. The van der Waals surface area contributed by atoms with Crippen molar-refractivity contribution < 1.29 is 18.3 Å². The molecule has 0 saturated heterocycles. The Morgan fingerprint density at radius 1 is 1.12 bits per heavy atom. The van der Waals surface area contributed by atoms with Crippen LogP contribution < -0.4 is 10.1 Å². The smallest absolute Gasteiger partial charge is 0.234 e. The monoisotopic (exact) mass is 466 g/mol. The third-order valence-electron chi connectivity index (χ3n) is 4.75. The molecule has 0 aliphatic rings. The van der Waals surface area contributed by atoms with E-state index < -0.39 is 17.5 Å². The van der Waals surface area contributed by atoms with Gasteiger partial charge >= 0.3 is 0 Å². The van der Waals surface area contributed by atoms with Gasteiger partial charge in [0.25, 0.3) is 0 Å². The molecule has 0 saturated carbocycles. The Bertz CT molecular complexity index is 1300. The molecule has 0 aliphatic carbocycles. The van der Waals surface area contributed by atoms with Gasteiger partial charge in [0, 0.05) is 18.0 Å². The van der Waals surface area contributed by atoms with Crippen molar-refractivity contribution in [1.29, 1.82) is 0 Å². The van der Waals surface area contributed by atoms with Gasteiger partial charge in [-0.05, 0) is 23.6 Å². The topological polar surface area (TPSA) is 69.0 Å². The number of fused-ring (bicyclic) bond motifs is 1. The number of anilines is 1. The molecule has 1 amide bonds. The molecule has 9 heteroatoms.